The zero-order valence-corrected chi connectivity index (χ0v) is 12.7. The maximum atomic E-state index is 12.3. The molecule has 0 aliphatic heterocycles. The number of methoxy groups -OCH3 is 1. The molecule has 0 aliphatic rings. The second-order valence-corrected chi connectivity index (χ2v) is 4.99. The highest BCUT2D eigenvalue weighted by atomic mass is 35.5. The molecule has 22 heavy (non-hydrogen) atoms. The van der Waals surface area contributed by atoms with E-state index < -0.39 is 10.8 Å². The summed E-state index contributed by atoms with van der Waals surface area (Å²) in [4.78, 5) is 22.6. The van der Waals surface area contributed by atoms with Crippen molar-refractivity contribution in [1.29, 1.82) is 0 Å². The lowest BCUT2D eigenvalue weighted by Crippen LogP contribution is -2.14. The molecular weight excluding hydrogens is 308 g/mol. The third kappa shape index (κ3) is 3.35. The molecule has 0 atom stereocenters. The summed E-state index contributed by atoms with van der Waals surface area (Å²) in [6.07, 6.45) is 0. The van der Waals surface area contributed by atoms with Gasteiger partial charge in [0, 0.05) is 12.1 Å². The first kappa shape index (κ1) is 15.8. The standard InChI is InChI=1S/C15H13ClN2O4/c1-9-3-5-13(12(16)7-9)17-15(19)11-8-10(18(20)21)4-6-14(11)22-2/h3-8H,1-2H3,(H,17,19). The Labute approximate surface area is 131 Å². The number of nitrogens with one attached hydrogen (secondary N) is 1. The SMILES string of the molecule is COc1ccc([N+](=O)[O-])cc1C(=O)Nc1ccc(C)cc1Cl. The molecule has 0 bridgehead atoms. The number of amides is 1. The largest absolute Gasteiger partial charge is 0.496 e. The first-order valence-electron chi connectivity index (χ1n) is 6.32. The number of carbonyl (C=O) groups excluding carboxylic acids is 1. The van der Waals surface area contributed by atoms with Gasteiger partial charge in [-0.25, -0.2) is 0 Å². The number of carbonyl (C=O) groups is 1. The molecule has 2 aromatic rings. The summed E-state index contributed by atoms with van der Waals surface area (Å²) in [6, 6.07) is 8.99. The Bertz CT molecular complexity index is 746. The summed E-state index contributed by atoms with van der Waals surface area (Å²) in [7, 11) is 1.39. The molecule has 2 aromatic carbocycles. The van der Waals surface area contributed by atoms with Crippen LogP contribution in [0, 0.1) is 17.0 Å². The molecule has 0 unspecified atom stereocenters. The van der Waals surface area contributed by atoms with Crippen LogP contribution in [0.5, 0.6) is 5.75 Å². The Balaban J connectivity index is 2.35. The second-order valence-electron chi connectivity index (χ2n) is 4.58. The number of ether oxygens (including phenoxy) is 1. The van der Waals surface area contributed by atoms with Gasteiger partial charge in [0.15, 0.2) is 0 Å². The molecule has 2 rings (SSSR count). The highest BCUT2D eigenvalue weighted by Crippen LogP contribution is 2.27. The second kappa shape index (κ2) is 6.44. The van der Waals surface area contributed by atoms with Crippen LogP contribution in [0.1, 0.15) is 15.9 Å². The fourth-order valence-corrected chi connectivity index (χ4v) is 2.18. The predicted molar refractivity (Wildman–Crippen MR) is 83.8 cm³/mol. The number of nitrogens with zero attached hydrogens (tertiary/aromatic N) is 1. The van der Waals surface area contributed by atoms with E-state index >= 15 is 0 Å². The number of benzene rings is 2. The fourth-order valence-electron chi connectivity index (χ4n) is 1.90. The molecule has 114 valence electrons. The number of rotatable bonds is 4. The molecule has 0 saturated carbocycles. The minimum Gasteiger partial charge on any atom is -0.496 e. The van der Waals surface area contributed by atoms with Gasteiger partial charge in [-0.1, -0.05) is 17.7 Å². The van der Waals surface area contributed by atoms with Crippen molar-refractivity contribution < 1.29 is 14.5 Å². The number of aryl methyl sites for hydroxylation is 1. The summed E-state index contributed by atoms with van der Waals surface area (Å²) in [5.74, 6) is -0.294. The summed E-state index contributed by atoms with van der Waals surface area (Å²) < 4.78 is 5.07. The average Bonchev–Trinajstić information content (AvgIpc) is 2.49. The zero-order chi connectivity index (χ0) is 16.3. The van der Waals surface area contributed by atoms with Crippen molar-refractivity contribution in [3.05, 3.63) is 62.7 Å². The van der Waals surface area contributed by atoms with E-state index in [1.165, 1.54) is 19.2 Å². The van der Waals surface area contributed by atoms with Crippen LogP contribution in [-0.4, -0.2) is 17.9 Å². The van der Waals surface area contributed by atoms with E-state index in [-0.39, 0.29) is 17.0 Å². The monoisotopic (exact) mass is 320 g/mol. The molecule has 0 heterocycles. The van der Waals surface area contributed by atoms with E-state index in [9.17, 15) is 14.9 Å². The Morgan fingerprint density at radius 2 is 2.00 bits per heavy atom. The Kier molecular flexibility index (Phi) is 4.62. The van der Waals surface area contributed by atoms with E-state index in [1.807, 2.05) is 6.92 Å². The average molecular weight is 321 g/mol. The third-order valence-corrected chi connectivity index (χ3v) is 3.32. The molecule has 7 heteroatoms. The molecule has 1 N–H and O–H groups in total. The summed E-state index contributed by atoms with van der Waals surface area (Å²) in [6.45, 7) is 1.88. The third-order valence-electron chi connectivity index (χ3n) is 3.01. The van der Waals surface area contributed by atoms with Crippen LogP contribution in [0.2, 0.25) is 5.02 Å². The van der Waals surface area contributed by atoms with Crippen LogP contribution in [0.15, 0.2) is 36.4 Å². The van der Waals surface area contributed by atoms with Crippen molar-refractivity contribution in [3.8, 4) is 5.75 Å². The van der Waals surface area contributed by atoms with Crippen molar-refractivity contribution in [2.24, 2.45) is 0 Å². The van der Waals surface area contributed by atoms with Crippen LogP contribution in [0.3, 0.4) is 0 Å². The first-order chi connectivity index (χ1) is 10.4. The van der Waals surface area contributed by atoms with Crippen LogP contribution >= 0.6 is 11.6 Å². The van der Waals surface area contributed by atoms with Crippen LogP contribution in [-0.2, 0) is 0 Å². The lowest BCUT2D eigenvalue weighted by molar-refractivity contribution is -0.384. The lowest BCUT2D eigenvalue weighted by atomic mass is 10.1. The summed E-state index contributed by atoms with van der Waals surface area (Å²) >= 11 is 6.06. The Morgan fingerprint density at radius 3 is 2.59 bits per heavy atom. The molecule has 0 aromatic heterocycles. The zero-order valence-electron chi connectivity index (χ0n) is 11.9. The molecule has 1 amide bonds. The van der Waals surface area contributed by atoms with Crippen molar-refractivity contribution >= 4 is 28.9 Å². The highest BCUT2D eigenvalue weighted by molar-refractivity contribution is 6.34. The number of nitro benzene ring substituents is 1. The number of hydrogen-bond donors (Lipinski definition) is 1. The molecule has 0 fully saturated rings. The summed E-state index contributed by atoms with van der Waals surface area (Å²) in [5, 5.41) is 13.8. The smallest absolute Gasteiger partial charge is 0.270 e. The number of nitro groups is 1. The molecule has 6 nitrogen and oxygen atoms in total. The van der Waals surface area contributed by atoms with Gasteiger partial charge in [0.1, 0.15) is 5.75 Å². The van der Waals surface area contributed by atoms with Gasteiger partial charge in [-0.2, -0.15) is 0 Å². The molecule has 0 radical (unpaired) electrons. The van der Waals surface area contributed by atoms with Gasteiger partial charge in [-0.3, -0.25) is 14.9 Å². The van der Waals surface area contributed by atoms with Gasteiger partial charge in [-0.05, 0) is 30.7 Å². The van der Waals surface area contributed by atoms with Crippen molar-refractivity contribution in [3.63, 3.8) is 0 Å². The Hall–Kier alpha value is -2.60. The molecular formula is C15H13ClN2O4. The van der Waals surface area contributed by atoms with Gasteiger partial charge in [-0.15, -0.1) is 0 Å². The number of hydrogen-bond acceptors (Lipinski definition) is 4. The minimum absolute atomic E-state index is 0.0633. The molecule has 0 spiro atoms. The first-order valence-corrected chi connectivity index (χ1v) is 6.70. The quantitative estimate of drug-likeness (QED) is 0.686. The minimum atomic E-state index is -0.574. The lowest BCUT2D eigenvalue weighted by Gasteiger charge is -2.10. The van der Waals surface area contributed by atoms with Gasteiger partial charge in [0.05, 0.1) is 28.3 Å². The van der Waals surface area contributed by atoms with Crippen molar-refractivity contribution in [2.75, 3.05) is 12.4 Å². The fraction of sp³-hybridized carbons (Fsp3) is 0.133. The Morgan fingerprint density at radius 1 is 1.27 bits per heavy atom. The van der Waals surface area contributed by atoms with Crippen LogP contribution < -0.4 is 10.1 Å². The van der Waals surface area contributed by atoms with Crippen LogP contribution in [0.4, 0.5) is 11.4 Å². The summed E-state index contributed by atoms with van der Waals surface area (Å²) in [5.41, 5.74) is 1.25. The predicted octanol–water partition coefficient (Wildman–Crippen LogP) is 3.82. The molecule has 0 saturated heterocycles. The number of non-ortho nitro benzene ring substituents is 1. The van der Waals surface area contributed by atoms with Crippen molar-refractivity contribution in [2.45, 2.75) is 6.92 Å². The van der Waals surface area contributed by atoms with E-state index in [0.717, 1.165) is 11.6 Å². The van der Waals surface area contributed by atoms with E-state index in [4.69, 9.17) is 16.3 Å². The maximum absolute atomic E-state index is 12.3. The van der Waals surface area contributed by atoms with E-state index in [0.29, 0.717) is 10.7 Å². The normalized spacial score (nSPS) is 10.1. The molecule has 0 aliphatic carbocycles. The maximum Gasteiger partial charge on any atom is 0.270 e. The van der Waals surface area contributed by atoms with Gasteiger partial charge >= 0.3 is 0 Å². The van der Waals surface area contributed by atoms with Gasteiger partial charge < -0.3 is 10.1 Å². The highest BCUT2D eigenvalue weighted by Gasteiger charge is 2.18. The topological polar surface area (TPSA) is 81.5 Å². The van der Waals surface area contributed by atoms with E-state index in [2.05, 4.69) is 5.32 Å². The van der Waals surface area contributed by atoms with Crippen LogP contribution in [0.25, 0.3) is 0 Å². The number of anilines is 1. The van der Waals surface area contributed by atoms with Gasteiger partial charge in [0.2, 0.25) is 0 Å². The van der Waals surface area contributed by atoms with E-state index in [1.54, 1.807) is 18.2 Å². The number of halogens is 1. The van der Waals surface area contributed by atoms with Crippen molar-refractivity contribution in [1.82, 2.24) is 0 Å². The van der Waals surface area contributed by atoms with Gasteiger partial charge in [0.25, 0.3) is 11.6 Å².